The van der Waals surface area contributed by atoms with Gasteiger partial charge >= 0.3 is 5.97 Å². The first-order valence-electron chi connectivity index (χ1n) is 12.7. The van der Waals surface area contributed by atoms with Crippen LogP contribution in [0.1, 0.15) is 56.6 Å². The van der Waals surface area contributed by atoms with E-state index in [1.807, 2.05) is 63.2 Å². The van der Waals surface area contributed by atoms with Gasteiger partial charge in [0, 0.05) is 34.3 Å². The van der Waals surface area contributed by atoms with Crippen molar-refractivity contribution < 1.29 is 23.8 Å². The average molecular weight is 524 g/mol. The third-order valence-corrected chi connectivity index (χ3v) is 7.09. The van der Waals surface area contributed by atoms with E-state index < -0.39 is 17.8 Å². The summed E-state index contributed by atoms with van der Waals surface area (Å²) in [7, 11) is 1.57. The molecule has 1 N–H and O–H groups in total. The molecule has 0 aromatic heterocycles. The molecule has 1 aliphatic carbocycles. The number of ketones is 1. The zero-order chi connectivity index (χ0) is 26.7. The van der Waals surface area contributed by atoms with E-state index >= 15 is 0 Å². The van der Waals surface area contributed by atoms with Crippen molar-refractivity contribution in [3.63, 3.8) is 0 Å². The number of ether oxygens (including phenoxy) is 3. The van der Waals surface area contributed by atoms with Crippen LogP contribution in [0, 0.1) is 11.8 Å². The molecule has 37 heavy (non-hydrogen) atoms. The van der Waals surface area contributed by atoms with Crippen LogP contribution in [0.3, 0.4) is 0 Å². The molecule has 7 heteroatoms. The summed E-state index contributed by atoms with van der Waals surface area (Å²) < 4.78 is 16.9. The number of nitrogens with one attached hydrogen (secondary N) is 1. The van der Waals surface area contributed by atoms with Crippen molar-refractivity contribution in [2.75, 3.05) is 20.3 Å². The summed E-state index contributed by atoms with van der Waals surface area (Å²) >= 11 is 6.08. The van der Waals surface area contributed by atoms with Crippen LogP contribution in [0.15, 0.2) is 66.0 Å². The number of esters is 1. The van der Waals surface area contributed by atoms with E-state index in [-0.39, 0.29) is 17.6 Å². The standard InChI is InChI=1S/C30H34ClNO5/c1-6-36-25-12-9-20(15-26(25)35-5)28-27(30(34)37-16-17(2)3)18(4)32-23-13-21(14-24(33)29(23)28)19-7-10-22(31)11-8-19/h7-12,15,17,21,27-28,32H,4,6,13-14,16H2,1-3,5H3. The van der Waals surface area contributed by atoms with E-state index in [2.05, 4.69) is 11.9 Å². The van der Waals surface area contributed by atoms with Gasteiger partial charge in [-0.15, -0.1) is 0 Å². The van der Waals surface area contributed by atoms with Crippen molar-refractivity contribution in [3.8, 4) is 11.5 Å². The largest absolute Gasteiger partial charge is 0.493 e. The molecule has 0 fully saturated rings. The minimum Gasteiger partial charge on any atom is -0.493 e. The summed E-state index contributed by atoms with van der Waals surface area (Å²) in [6.45, 7) is 10.9. The molecule has 3 atom stereocenters. The van der Waals surface area contributed by atoms with Gasteiger partial charge in [0.1, 0.15) is 5.92 Å². The van der Waals surface area contributed by atoms with Crippen LogP contribution >= 0.6 is 11.6 Å². The van der Waals surface area contributed by atoms with Crippen molar-refractivity contribution in [2.45, 2.75) is 45.4 Å². The molecule has 0 amide bonds. The molecule has 2 aromatic rings. The van der Waals surface area contributed by atoms with Crippen LogP contribution in [0.4, 0.5) is 0 Å². The van der Waals surface area contributed by atoms with Crippen LogP contribution < -0.4 is 14.8 Å². The van der Waals surface area contributed by atoms with Gasteiger partial charge in [0.25, 0.3) is 0 Å². The van der Waals surface area contributed by atoms with Gasteiger partial charge in [0.05, 0.1) is 20.3 Å². The molecule has 2 aromatic carbocycles. The number of hydrogen-bond acceptors (Lipinski definition) is 6. The number of rotatable bonds is 8. The van der Waals surface area contributed by atoms with E-state index in [4.69, 9.17) is 25.8 Å². The Balaban J connectivity index is 1.79. The minimum atomic E-state index is -0.754. The third kappa shape index (κ3) is 5.69. The summed E-state index contributed by atoms with van der Waals surface area (Å²) in [5.74, 6) is -0.366. The lowest BCUT2D eigenvalue weighted by atomic mass is 9.69. The van der Waals surface area contributed by atoms with Crippen molar-refractivity contribution in [2.24, 2.45) is 11.8 Å². The number of allylic oxidation sites excluding steroid dienone is 2. The molecule has 1 aliphatic heterocycles. The van der Waals surface area contributed by atoms with Crippen LogP contribution in [-0.4, -0.2) is 32.1 Å². The molecule has 0 saturated heterocycles. The molecule has 2 aliphatic rings. The highest BCUT2D eigenvalue weighted by atomic mass is 35.5. The molecule has 4 rings (SSSR count). The lowest BCUT2D eigenvalue weighted by Crippen LogP contribution is -2.42. The Labute approximate surface area is 223 Å². The molecular formula is C30H34ClNO5. The first kappa shape index (κ1) is 26.8. The molecular weight excluding hydrogens is 490 g/mol. The molecule has 196 valence electrons. The fourth-order valence-corrected chi connectivity index (χ4v) is 5.27. The van der Waals surface area contributed by atoms with Gasteiger partial charge in [-0.2, -0.15) is 0 Å². The molecule has 0 bridgehead atoms. The predicted octanol–water partition coefficient (Wildman–Crippen LogP) is 6.16. The highest BCUT2D eigenvalue weighted by Gasteiger charge is 2.45. The lowest BCUT2D eigenvalue weighted by molar-refractivity contribution is -0.149. The molecule has 6 nitrogen and oxygen atoms in total. The summed E-state index contributed by atoms with van der Waals surface area (Å²) in [5, 5.41) is 3.97. The summed E-state index contributed by atoms with van der Waals surface area (Å²) in [6, 6.07) is 13.2. The predicted molar refractivity (Wildman–Crippen MR) is 144 cm³/mol. The van der Waals surface area contributed by atoms with Crippen molar-refractivity contribution >= 4 is 23.4 Å². The Hall–Kier alpha value is -3.25. The molecule has 0 saturated carbocycles. The van der Waals surface area contributed by atoms with Gasteiger partial charge in [-0.25, -0.2) is 0 Å². The number of hydrogen-bond donors (Lipinski definition) is 1. The van der Waals surface area contributed by atoms with Gasteiger partial charge in [-0.1, -0.05) is 50.2 Å². The molecule has 0 radical (unpaired) electrons. The number of benzene rings is 2. The highest BCUT2D eigenvalue weighted by Crippen LogP contribution is 2.48. The number of methoxy groups -OCH3 is 1. The quantitative estimate of drug-likeness (QED) is 0.417. The molecule has 0 spiro atoms. The van der Waals surface area contributed by atoms with Crippen molar-refractivity contribution in [3.05, 3.63) is 82.2 Å². The number of carbonyl (C=O) groups excluding carboxylic acids is 2. The summed E-state index contributed by atoms with van der Waals surface area (Å²) in [6.07, 6.45) is 0.965. The molecule has 1 heterocycles. The van der Waals surface area contributed by atoms with Gasteiger partial charge in [0.15, 0.2) is 17.3 Å². The Morgan fingerprint density at radius 3 is 2.46 bits per heavy atom. The summed E-state index contributed by atoms with van der Waals surface area (Å²) in [5.41, 5.74) is 3.76. The van der Waals surface area contributed by atoms with Crippen molar-refractivity contribution in [1.29, 1.82) is 0 Å². The minimum absolute atomic E-state index is 0.000658. The normalized spacial score (nSPS) is 21.4. The van der Waals surface area contributed by atoms with E-state index in [1.54, 1.807) is 7.11 Å². The van der Waals surface area contributed by atoms with Crippen LogP contribution in [0.2, 0.25) is 5.02 Å². The van der Waals surface area contributed by atoms with E-state index in [0.717, 1.165) is 16.8 Å². The second-order valence-electron chi connectivity index (χ2n) is 9.94. The Bertz CT molecular complexity index is 1220. The monoisotopic (exact) mass is 523 g/mol. The number of Topliss-reactive ketones (excluding diaryl/α,β-unsaturated/α-hetero) is 1. The zero-order valence-electron chi connectivity index (χ0n) is 21.8. The fraction of sp³-hybridized carbons (Fsp3) is 0.400. The fourth-order valence-electron chi connectivity index (χ4n) is 5.15. The average Bonchev–Trinajstić information content (AvgIpc) is 2.87. The Morgan fingerprint density at radius 1 is 1.11 bits per heavy atom. The van der Waals surface area contributed by atoms with Gasteiger partial charge in [-0.05, 0) is 60.6 Å². The Kier molecular flexibility index (Phi) is 8.28. The second kappa shape index (κ2) is 11.4. The topological polar surface area (TPSA) is 73.9 Å². The maximum absolute atomic E-state index is 13.8. The van der Waals surface area contributed by atoms with Crippen LogP contribution in [-0.2, 0) is 14.3 Å². The van der Waals surface area contributed by atoms with E-state index in [0.29, 0.717) is 53.8 Å². The van der Waals surface area contributed by atoms with Gasteiger partial charge < -0.3 is 19.5 Å². The second-order valence-corrected chi connectivity index (χ2v) is 10.4. The van der Waals surface area contributed by atoms with Crippen LogP contribution in [0.25, 0.3) is 0 Å². The zero-order valence-corrected chi connectivity index (χ0v) is 22.6. The SMILES string of the molecule is C=C1NC2=C(C(=O)CC(c3ccc(Cl)cc3)C2)C(c2ccc(OCC)c(OC)c2)C1C(=O)OCC(C)C. The molecule has 3 unspecified atom stereocenters. The van der Waals surface area contributed by atoms with E-state index in [1.165, 1.54) is 0 Å². The first-order chi connectivity index (χ1) is 17.7. The lowest BCUT2D eigenvalue weighted by Gasteiger charge is -2.40. The van der Waals surface area contributed by atoms with E-state index in [9.17, 15) is 9.59 Å². The van der Waals surface area contributed by atoms with Crippen LogP contribution in [0.5, 0.6) is 11.5 Å². The van der Waals surface area contributed by atoms with Crippen molar-refractivity contribution in [1.82, 2.24) is 5.32 Å². The number of carbonyl (C=O) groups is 2. The highest BCUT2D eigenvalue weighted by molar-refractivity contribution is 6.30. The summed E-state index contributed by atoms with van der Waals surface area (Å²) in [4.78, 5) is 27.2. The maximum atomic E-state index is 13.8. The maximum Gasteiger partial charge on any atom is 0.315 e. The third-order valence-electron chi connectivity index (χ3n) is 6.84. The number of halogens is 1. The van der Waals surface area contributed by atoms with Gasteiger partial charge in [-0.3, -0.25) is 9.59 Å². The Morgan fingerprint density at radius 2 is 1.81 bits per heavy atom. The van der Waals surface area contributed by atoms with Gasteiger partial charge in [0.2, 0.25) is 0 Å². The smallest absolute Gasteiger partial charge is 0.315 e. The first-order valence-corrected chi connectivity index (χ1v) is 13.1.